The van der Waals surface area contributed by atoms with Crippen LogP contribution in [0.3, 0.4) is 0 Å². The molecule has 1 atom stereocenters. The molecule has 2 nitrogen and oxygen atoms in total. The summed E-state index contributed by atoms with van der Waals surface area (Å²) in [6, 6.07) is 11.8. The highest BCUT2D eigenvalue weighted by molar-refractivity contribution is 7.84. The first-order valence-electron chi connectivity index (χ1n) is 6.28. The minimum Gasteiger partial charge on any atom is -0.398 e. The molecule has 2 aromatic carbocycles. The van der Waals surface area contributed by atoms with E-state index in [0.29, 0.717) is 11.4 Å². The topological polar surface area (TPSA) is 43.1 Å². The predicted octanol–water partition coefficient (Wildman–Crippen LogP) is 3.50. The standard InChI is InChI=1S/C16H19NOS/c1-11-7-8-16(15(17)9-11)19(18)10-14-12(2)5-4-6-13(14)3/h4-9H,10,17H2,1-3H3. The van der Waals surface area contributed by atoms with E-state index in [2.05, 4.69) is 26.0 Å². The van der Waals surface area contributed by atoms with Crippen LogP contribution < -0.4 is 5.73 Å². The number of nitrogen functional groups attached to an aromatic ring is 1. The van der Waals surface area contributed by atoms with E-state index in [9.17, 15) is 4.21 Å². The molecule has 0 aromatic heterocycles. The molecule has 2 N–H and O–H groups in total. The zero-order valence-corrected chi connectivity index (χ0v) is 12.4. The quantitative estimate of drug-likeness (QED) is 0.870. The van der Waals surface area contributed by atoms with Crippen LogP contribution in [0.1, 0.15) is 22.3 Å². The summed E-state index contributed by atoms with van der Waals surface area (Å²) in [7, 11) is -1.10. The summed E-state index contributed by atoms with van der Waals surface area (Å²) in [6.07, 6.45) is 0. The molecule has 0 aliphatic rings. The van der Waals surface area contributed by atoms with Gasteiger partial charge >= 0.3 is 0 Å². The number of hydrogen-bond donors (Lipinski definition) is 1. The number of hydrogen-bond acceptors (Lipinski definition) is 2. The lowest BCUT2D eigenvalue weighted by atomic mass is 10.1. The molecular weight excluding hydrogens is 254 g/mol. The van der Waals surface area contributed by atoms with Gasteiger partial charge in [-0.1, -0.05) is 24.3 Å². The summed E-state index contributed by atoms with van der Waals surface area (Å²) in [5, 5.41) is 0. The molecule has 0 spiro atoms. The highest BCUT2D eigenvalue weighted by atomic mass is 32.2. The van der Waals surface area contributed by atoms with E-state index in [1.54, 1.807) is 0 Å². The van der Waals surface area contributed by atoms with Gasteiger partial charge in [0, 0.05) is 5.69 Å². The van der Waals surface area contributed by atoms with Gasteiger partial charge < -0.3 is 5.73 Å². The lowest BCUT2D eigenvalue weighted by Crippen LogP contribution is -2.04. The van der Waals surface area contributed by atoms with Crippen molar-refractivity contribution in [2.24, 2.45) is 0 Å². The molecule has 0 saturated carbocycles. The Morgan fingerprint density at radius 2 is 1.68 bits per heavy atom. The molecule has 0 heterocycles. The molecular formula is C16H19NOS. The summed E-state index contributed by atoms with van der Waals surface area (Å²) in [4.78, 5) is 0.730. The molecule has 0 bridgehead atoms. The first kappa shape index (κ1) is 13.8. The maximum atomic E-state index is 12.5. The van der Waals surface area contributed by atoms with Crippen LogP contribution in [0.5, 0.6) is 0 Å². The van der Waals surface area contributed by atoms with Crippen LogP contribution in [0.25, 0.3) is 0 Å². The van der Waals surface area contributed by atoms with Gasteiger partial charge in [0.2, 0.25) is 0 Å². The van der Waals surface area contributed by atoms with E-state index >= 15 is 0 Å². The normalized spacial score (nSPS) is 12.4. The first-order chi connectivity index (χ1) is 8.99. The third-order valence-corrected chi connectivity index (χ3v) is 4.74. The average molecular weight is 273 g/mol. The maximum absolute atomic E-state index is 12.5. The van der Waals surface area contributed by atoms with Crippen molar-refractivity contribution in [1.82, 2.24) is 0 Å². The molecule has 0 aliphatic carbocycles. The Morgan fingerprint density at radius 3 is 2.26 bits per heavy atom. The summed E-state index contributed by atoms with van der Waals surface area (Å²) >= 11 is 0. The monoisotopic (exact) mass is 273 g/mol. The molecule has 0 saturated heterocycles. The van der Waals surface area contributed by atoms with Crippen LogP contribution in [0.4, 0.5) is 5.69 Å². The fourth-order valence-corrected chi connectivity index (χ4v) is 3.58. The molecule has 2 rings (SSSR count). The predicted molar refractivity (Wildman–Crippen MR) is 81.6 cm³/mol. The van der Waals surface area contributed by atoms with Crippen molar-refractivity contribution in [2.45, 2.75) is 31.4 Å². The second-order valence-corrected chi connectivity index (χ2v) is 6.32. The second kappa shape index (κ2) is 5.57. The van der Waals surface area contributed by atoms with Crippen LogP contribution in [0.2, 0.25) is 0 Å². The van der Waals surface area contributed by atoms with Crippen molar-refractivity contribution in [1.29, 1.82) is 0 Å². The van der Waals surface area contributed by atoms with Gasteiger partial charge in [-0.3, -0.25) is 4.21 Å². The van der Waals surface area contributed by atoms with E-state index in [1.807, 2.05) is 31.2 Å². The van der Waals surface area contributed by atoms with Crippen molar-refractivity contribution >= 4 is 16.5 Å². The summed E-state index contributed by atoms with van der Waals surface area (Å²) in [5.74, 6) is 0.520. The summed E-state index contributed by atoms with van der Waals surface area (Å²) in [5.41, 5.74) is 11.2. The minimum atomic E-state index is -1.10. The fraction of sp³-hybridized carbons (Fsp3) is 0.250. The molecule has 1 unspecified atom stereocenters. The summed E-state index contributed by atoms with van der Waals surface area (Å²) in [6.45, 7) is 6.09. The molecule has 100 valence electrons. The molecule has 0 fully saturated rings. The van der Waals surface area contributed by atoms with E-state index in [4.69, 9.17) is 5.73 Å². The zero-order chi connectivity index (χ0) is 14.0. The minimum absolute atomic E-state index is 0.520. The lowest BCUT2D eigenvalue weighted by Gasteiger charge is -2.11. The smallest absolute Gasteiger partial charge is 0.0621 e. The Kier molecular flexibility index (Phi) is 4.05. The van der Waals surface area contributed by atoms with Gasteiger partial charge in [-0.05, 0) is 55.2 Å². The van der Waals surface area contributed by atoms with E-state index in [-0.39, 0.29) is 0 Å². The van der Waals surface area contributed by atoms with Crippen molar-refractivity contribution in [3.63, 3.8) is 0 Å². The van der Waals surface area contributed by atoms with Gasteiger partial charge in [0.15, 0.2) is 0 Å². The Balaban J connectivity index is 2.31. The average Bonchev–Trinajstić information content (AvgIpc) is 2.33. The van der Waals surface area contributed by atoms with Crippen molar-refractivity contribution in [3.8, 4) is 0 Å². The molecule has 19 heavy (non-hydrogen) atoms. The number of benzene rings is 2. The second-order valence-electron chi connectivity index (χ2n) is 4.90. The SMILES string of the molecule is Cc1ccc(S(=O)Cc2c(C)cccc2C)c(N)c1. The molecule has 0 radical (unpaired) electrons. The van der Waals surface area contributed by atoms with Crippen LogP contribution in [-0.4, -0.2) is 4.21 Å². The molecule has 3 heteroatoms. The maximum Gasteiger partial charge on any atom is 0.0621 e. The largest absolute Gasteiger partial charge is 0.398 e. The van der Waals surface area contributed by atoms with Crippen molar-refractivity contribution in [2.75, 3.05) is 5.73 Å². The Labute approximate surface area is 117 Å². The van der Waals surface area contributed by atoms with Gasteiger partial charge in [-0.2, -0.15) is 0 Å². The Hall–Kier alpha value is -1.61. The Morgan fingerprint density at radius 1 is 1.05 bits per heavy atom. The lowest BCUT2D eigenvalue weighted by molar-refractivity contribution is 0.682. The van der Waals surface area contributed by atoms with Crippen molar-refractivity contribution < 1.29 is 4.21 Å². The van der Waals surface area contributed by atoms with Crippen LogP contribution in [0.15, 0.2) is 41.3 Å². The van der Waals surface area contributed by atoms with Gasteiger partial charge in [0.1, 0.15) is 0 Å². The van der Waals surface area contributed by atoms with Crippen LogP contribution in [-0.2, 0) is 16.6 Å². The van der Waals surface area contributed by atoms with Crippen molar-refractivity contribution in [3.05, 3.63) is 58.7 Å². The van der Waals surface area contributed by atoms with E-state index in [1.165, 1.54) is 11.1 Å². The highest BCUT2D eigenvalue weighted by Gasteiger charge is 2.11. The van der Waals surface area contributed by atoms with Gasteiger partial charge in [-0.25, -0.2) is 0 Å². The van der Waals surface area contributed by atoms with Gasteiger partial charge in [0.25, 0.3) is 0 Å². The van der Waals surface area contributed by atoms with Crippen LogP contribution >= 0.6 is 0 Å². The van der Waals surface area contributed by atoms with Gasteiger partial charge in [-0.15, -0.1) is 0 Å². The van der Waals surface area contributed by atoms with E-state index < -0.39 is 10.8 Å². The Bertz CT molecular complexity index is 614. The molecule has 0 amide bonds. The third-order valence-electron chi connectivity index (χ3n) is 3.33. The third kappa shape index (κ3) is 3.04. The molecule has 2 aromatic rings. The number of aryl methyl sites for hydroxylation is 3. The summed E-state index contributed by atoms with van der Waals surface area (Å²) < 4.78 is 12.5. The zero-order valence-electron chi connectivity index (χ0n) is 11.6. The number of nitrogens with two attached hydrogens (primary N) is 1. The fourth-order valence-electron chi connectivity index (χ4n) is 2.16. The van der Waals surface area contributed by atoms with E-state index in [0.717, 1.165) is 16.0 Å². The first-order valence-corrected chi connectivity index (χ1v) is 7.60. The highest BCUT2D eigenvalue weighted by Crippen LogP contribution is 2.23. The van der Waals surface area contributed by atoms with Gasteiger partial charge in [0.05, 0.1) is 21.4 Å². The number of anilines is 1. The number of rotatable bonds is 3. The van der Waals surface area contributed by atoms with Crippen LogP contribution in [0, 0.1) is 20.8 Å². The molecule has 0 aliphatic heterocycles.